The summed E-state index contributed by atoms with van der Waals surface area (Å²) in [4.78, 5) is 15.3. The maximum Gasteiger partial charge on any atom is 0.182 e. The number of imidazole rings is 1. The van der Waals surface area contributed by atoms with Crippen LogP contribution in [0.3, 0.4) is 0 Å². The van der Waals surface area contributed by atoms with Crippen molar-refractivity contribution in [2.75, 3.05) is 5.32 Å². The van der Waals surface area contributed by atoms with Crippen molar-refractivity contribution in [3.63, 3.8) is 0 Å². The Morgan fingerprint density at radius 2 is 2.24 bits per heavy atom. The Morgan fingerprint density at radius 1 is 1.29 bits per heavy atom. The molecule has 3 aromatic heterocycles. The molecule has 0 aliphatic carbocycles. The molecule has 0 amide bonds. The van der Waals surface area contributed by atoms with Crippen LogP contribution in [0.25, 0.3) is 11.2 Å². The van der Waals surface area contributed by atoms with E-state index in [-0.39, 0.29) is 0 Å². The minimum Gasteiger partial charge on any atom is -0.364 e. The van der Waals surface area contributed by atoms with E-state index in [9.17, 15) is 0 Å². The van der Waals surface area contributed by atoms with Crippen LogP contribution in [0, 0.1) is 6.92 Å². The van der Waals surface area contributed by atoms with E-state index in [0.29, 0.717) is 12.2 Å². The molecule has 0 saturated carbocycles. The minimum atomic E-state index is 0.659. The zero-order valence-electron chi connectivity index (χ0n) is 9.23. The van der Waals surface area contributed by atoms with E-state index in [1.807, 2.05) is 6.92 Å². The smallest absolute Gasteiger partial charge is 0.182 e. The number of H-pyrrole nitrogens is 2. The molecule has 0 bridgehead atoms. The third-order valence-corrected chi connectivity index (χ3v) is 2.60. The lowest BCUT2D eigenvalue weighted by Gasteiger charge is -2.04. The normalized spacial score (nSPS) is 10.9. The number of hydrogen-bond acceptors (Lipinski definition) is 5. The van der Waals surface area contributed by atoms with Gasteiger partial charge in [-0.2, -0.15) is 5.10 Å². The summed E-state index contributed by atoms with van der Waals surface area (Å²) in [6, 6.07) is 0. The molecule has 86 valence electrons. The Balaban J connectivity index is 1.86. The van der Waals surface area contributed by atoms with Gasteiger partial charge in [0.2, 0.25) is 0 Å². The van der Waals surface area contributed by atoms with Gasteiger partial charge in [-0.05, 0) is 6.92 Å². The molecular formula is C10H11N7. The van der Waals surface area contributed by atoms with Crippen LogP contribution in [0.1, 0.15) is 11.3 Å². The molecule has 0 fully saturated rings. The Bertz CT molecular complexity index is 639. The van der Waals surface area contributed by atoms with E-state index < -0.39 is 0 Å². The van der Waals surface area contributed by atoms with Crippen LogP contribution in [0.15, 0.2) is 18.9 Å². The van der Waals surface area contributed by atoms with Crippen LogP contribution in [0.4, 0.5) is 5.82 Å². The highest BCUT2D eigenvalue weighted by Crippen LogP contribution is 2.15. The molecule has 17 heavy (non-hydrogen) atoms. The van der Waals surface area contributed by atoms with Crippen LogP contribution in [0.2, 0.25) is 0 Å². The average Bonchev–Trinajstić information content (AvgIpc) is 2.95. The van der Waals surface area contributed by atoms with Crippen molar-refractivity contribution in [1.29, 1.82) is 0 Å². The molecular weight excluding hydrogens is 218 g/mol. The monoisotopic (exact) mass is 229 g/mol. The highest BCUT2D eigenvalue weighted by Gasteiger charge is 2.06. The Morgan fingerprint density at radius 3 is 3.06 bits per heavy atom. The van der Waals surface area contributed by atoms with Gasteiger partial charge in [-0.3, -0.25) is 5.10 Å². The van der Waals surface area contributed by atoms with Crippen molar-refractivity contribution in [3.05, 3.63) is 30.1 Å². The molecule has 0 unspecified atom stereocenters. The first-order valence-electron chi connectivity index (χ1n) is 5.21. The summed E-state index contributed by atoms with van der Waals surface area (Å²) in [5.74, 6) is 0.744. The molecule has 0 saturated heterocycles. The first-order chi connectivity index (χ1) is 8.34. The lowest BCUT2D eigenvalue weighted by molar-refractivity contribution is 1.04. The molecule has 3 heterocycles. The minimum absolute atomic E-state index is 0.659. The van der Waals surface area contributed by atoms with Gasteiger partial charge in [0, 0.05) is 17.8 Å². The third kappa shape index (κ3) is 1.71. The van der Waals surface area contributed by atoms with Crippen molar-refractivity contribution in [2.24, 2.45) is 0 Å². The molecule has 0 aromatic carbocycles. The Labute approximate surface area is 96.7 Å². The van der Waals surface area contributed by atoms with Crippen LogP contribution < -0.4 is 5.32 Å². The SMILES string of the molecule is Cc1[nH]ncc1CNc1ncnc2nc[nH]c12. The fourth-order valence-electron chi connectivity index (χ4n) is 1.63. The number of aromatic amines is 2. The molecule has 0 aliphatic heterocycles. The fraction of sp³-hybridized carbons (Fsp3) is 0.200. The van der Waals surface area contributed by atoms with E-state index >= 15 is 0 Å². The van der Waals surface area contributed by atoms with E-state index in [0.717, 1.165) is 22.6 Å². The summed E-state index contributed by atoms with van der Waals surface area (Å²) in [7, 11) is 0. The van der Waals surface area contributed by atoms with Crippen LogP contribution in [-0.2, 0) is 6.54 Å². The molecule has 7 nitrogen and oxygen atoms in total. The summed E-state index contributed by atoms with van der Waals surface area (Å²) in [6.07, 6.45) is 4.90. The van der Waals surface area contributed by atoms with Crippen molar-refractivity contribution < 1.29 is 0 Å². The van der Waals surface area contributed by atoms with Gasteiger partial charge >= 0.3 is 0 Å². The molecule has 7 heteroatoms. The first kappa shape index (κ1) is 9.76. The molecule has 3 rings (SSSR count). The molecule has 3 N–H and O–H groups in total. The van der Waals surface area contributed by atoms with Crippen molar-refractivity contribution in [1.82, 2.24) is 30.1 Å². The third-order valence-electron chi connectivity index (χ3n) is 2.60. The second-order valence-electron chi connectivity index (χ2n) is 3.70. The van der Waals surface area contributed by atoms with E-state index in [4.69, 9.17) is 0 Å². The fourth-order valence-corrected chi connectivity index (χ4v) is 1.63. The second-order valence-corrected chi connectivity index (χ2v) is 3.70. The first-order valence-corrected chi connectivity index (χ1v) is 5.21. The van der Waals surface area contributed by atoms with Gasteiger partial charge in [0.25, 0.3) is 0 Å². The lowest BCUT2D eigenvalue weighted by atomic mass is 10.2. The summed E-state index contributed by atoms with van der Waals surface area (Å²) in [5, 5.41) is 10.1. The quantitative estimate of drug-likeness (QED) is 0.622. The zero-order valence-corrected chi connectivity index (χ0v) is 9.23. The average molecular weight is 229 g/mol. The largest absolute Gasteiger partial charge is 0.364 e. The maximum absolute atomic E-state index is 4.18. The highest BCUT2D eigenvalue weighted by atomic mass is 15.1. The summed E-state index contributed by atoms with van der Waals surface area (Å²) in [6.45, 7) is 2.64. The summed E-state index contributed by atoms with van der Waals surface area (Å²) in [5.41, 5.74) is 3.63. The van der Waals surface area contributed by atoms with Gasteiger partial charge in [0.15, 0.2) is 11.5 Å². The van der Waals surface area contributed by atoms with Gasteiger partial charge in [0.05, 0.1) is 12.5 Å². The number of nitrogens with zero attached hydrogens (tertiary/aromatic N) is 4. The van der Waals surface area contributed by atoms with Gasteiger partial charge in [-0.25, -0.2) is 15.0 Å². The summed E-state index contributed by atoms with van der Waals surface area (Å²) < 4.78 is 0. The molecule has 0 radical (unpaired) electrons. The van der Waals surface area contributed by atoms with Crippen molar-refractivity contribution >= 4 is 17.0 Å². The standard InChI is InChI=1S/C10H11N7/c1-6-7(3-16-17-6)2-11-9-8-10(13-4-12-8)15-5-14-9/h3-5H,2H2,1H3,(H,16,17)(H2,11,12,13,14,15). The van der Waals surface area contributed by atoms with E-state index in [1.165, 1.54) is 6.33 Å². The highest BCUT2D eigenvalue weighted by molar-refractivity contribution is 5.81. The molecule has 3 aromatic rings. The summed E-state index contributed by atoms with van der Waals surface area (Å²) >= 11 is 0. The number of rotatable bonds is 3. The molecule has 0 aliphatic rings. The van der Waals surface area contributed by atoms with Gasteiger partial charge < -0.3 is 10.3 Å². The molecule has 0 spiro atoms. The van der Waals surface area contributed by atoms with E-state index in [1.54, 1.807) is 12.5 Å². The Kier molecular flexibility index (Phi) is 2.21. The van der Waals surface area contributed by atoms with Gasteiger partial charge in [-0.15, -0.1) is 0 Å². The van der Waals surface area contributed by atoms with Gasteiger partial charge in [-0.1, -0.05) is 0 Å². The van der Waals surface area contributed by atoms with Crippen molar-refractivity contribution in [2.45, 2.75) is 13.5 Å². The topological polar surface area (TPSA) is 95.2 Å². The van der Waals surface area contributed by atoms with Crippen LogP contribution in [0.5, 0.6) is 0 Å². The maximum atomic E-state index is 4.18. The second kappa shape index (κ2) is 3.85. The number of fused-ring (bicyclic) bond motifs is 1. The number of aromatic nitrogens is 6. The number of nitrogens with one attached hydrogen (secondary N) is 3. The van der Waals surface area contributed by atoms with Crippen LogP contribution in [-0.4, -0.2) is 30.1 Å². The lowest BCUT2D eigenvalue weighted by Crippen LogP contribution is -2.02. The number of aryl methyl sites for hydroxylation is 1. The predicted octanol–water partition coefficient (Wildman–Crippen LogP) is 0.997. The number of anilines is 1. The Hall–Kier alpha value is -2.44. The number of hydrogen-bond donors (Lipinski definition) is 3. The molecule has 0 atom stereocenters. The predicted molar refractivity (Wildman–Crippen MR) is 62.3 cm³/mol. The zero-order chi connectivity index (χ0) is 11.7. The van der Waals surface area contributed by atoms with Gasteiger partial charge in [0.1, 0.15) is 11.8 Å². The van der Waals surface area contributed by atoms with Crippen molar-refractivity contribution in [3.8, 4) is 0 Å². The van der Waals surface area contributed by atoms with Crippen LogP contribution >= 0.6 is 0 Å². The van der Waals surface area contributed by atoms with E-state index in [2.05, 4.69) is 35.5 Å².